The van der Waals surface area contributed by atoms with Crippen LogP contribution in [0.3, 0.4) is 0 Å². The fourth-order valence-electron chi connectivity index (χ4n) is 3.60. The number of nitrogens with one attached hydrogen (secondary N) is 2. The number of H-pyrrole nitrogens is 1. The molecule has 0 spiro atoms. The number of aromatic amines is 1. The third-order valence-corrected chi connectivity index (χ3v) is 4.59. The van der Waals surface area contributed by atoms with E-state index in [0.717, 1.165) is 18.8 Å². The Morgan fingerprint density at radius 1 is 0.870 bits per heavy atom. The first-order chi connectivity index (χ1) is 11.4. The Bertz CT molecular complexity index is 737. The third kappa shape index (κ3) is 2.38. The quantitative estimate of drug-likeness (QED) is 0.766. The summed E-state index contributed by atoms with van der Waals surface area (Å²) in [6.45, 7) is 1.70. The minimum atomic E-state index is -0.426. The van der Waals surface area contributed by atoms with Gasteiger partial charge in [0.1, 0.15) is 5.54 Å². The fourth-order valence-corrected chi connectivity index (χ4v) is 3.60. The maximum atomic E-state index is 5.14. The molecule has 2 N–H and O–H groups in total. The third-order valence-electron chi connectivity index (χ3n) is 4.59. The van der Waals surface area contributed by atoms with Crippen molar-refractivity contribution in [1.82, 2.24) is 15.6 Å². The molecule has 2 atom stereocenters. The Morgan fingerprint density at radius 3 is 2.30 bits per heavy atom. The molecule has 1 aliphatic heterocycles. The highest BCUT2D eigenvalue weighted by molar-refractivity contribution is 5.42. The van der Waals surface area contributed by atoms with Crippen molar-refractivity contribution in [3.63, 3.8) is 0 Å². The largest absolute Gasteiger partial charge is 0.363 e. The molecular weight excluding hydrogens is 282 g/mol. The van der Waals surface area contributed by atoms with E-state index in [4.69, 9.17) is 5.32 Å². The van der Waals surface area contributed by atoms with E-state index in [-0.39, 0.29) is 6.04 Å². The van der Waals surface area contributed by atoms with Crippen molar-refractivity contribution in [3.05, 3.63) is 95.8 Å². The predicted molar refractivity (Wildman–Crippen MR) is 92.2 cm³/mol. The monoisotopic (exact) mass is 302 g/mol. The lowest BCUT2D eigenvalue weighted by Crippen LogP contribution is -2.55. The molecule has 2 unspecified atom stereocenters. The number of benzene rings is 2. The van der Waals surface area contributed by atoms with Crippen molar-refractivity contribution in [1.29, 1.82) is 0 Å². The summed E-state index contributed by atoms with van der Waals surface area (Å²) < 4.78 is 0. The van der Waals surface area contributed by atoms with E-state index in [1.807, 2.05) is 12.3 Å². The van der Waals surface area contributed by atoms with Gasteiger partial charge in [0.05, 0.1) is 6.04 Å². The molecular formula is C20H20N3. The average molecular weight is 302 g/mol. The van der Waals surface area contributed by atoms with Gasteiger partial charge < -0.3 is 10.3 Å². The lowest BCUT2D eigenvalue weighted by molar-refractivity contribution is 0.231. The average Bonchev–Trinajstić information content (AvgIpc) is 3.18. The van der Waals surface area contributed by atoms with E-state index in [9.17, 15) is 0 Å². The van der Waals surface area contributed by atoms with Crippen LogP contribution in [-0.4, -0.2) is 18.1 Å². The summed E-state index contributed by atoms with van der Waals surface area (Å²) in [6.07, 6.45) is 1.98. The zero-order valence-corrected chi connectivity index (χ0v) is 12.9. The molecule has 0 bridgehead atoms. The van der Waals surface area contributed by atoms with E-state index in [1.54, 1.807) is 0 Å². The number of nitrogens with zero attached hydrogens (tertiary/aromatic N) is 1. The van der Waals surface area contributed by atoms with Crippen molar-refractivity contribution in [2.45, 2.75) is 11.6 Å². The molecule has 1 fully saturated rings. The normalized spacial score (nSPS) is 24.4. The molecule has 23 heavy (non-hydrogen) atoms. The van der Waals surface area contributed by atoms with E-state index < -0.39 is 5.54 Å². The Morgan fingerprint density at radius 2 is 1.61 bits per heavy atom. The van der Waals surface area contributed by atoms with Crippen LogP contribution in [0.25, 0.3) is 0 Å². The molecule has 4 rings (SSSR count). The molecule has 1 aliphatic rings. The van der Waals surface area contributed by atoms with Crippen LogP contribution >= 0.6 is 0 Å². The maximum Gasteiger partial charge on any atom is 0.120 e. The summed E-state index contributed by atoms with van der Waals surface area (Å²) in [7, 11) is 0. The summed E-state index contributed by atoms with van der Waals surface area (Å²) in [4.78, 5) is 3.41. The van der Waals surface area contributed by atoms with Gasteiger partial charge in [0.25, 0.3) is 0 Å². The zero-order chi connectivity index (χ0) is 15.5. The molecule has 3 nitrogen and oxygen atoms in total. The molecule has 3 heteroatoms. The van der Waals surface area contributed by atoms with Gasteiger partial charge >= 0.3 is 0 Å². The van der Waals surface area contributed by atoms with Crippen LogP contribution in [0.1, 0.15) is 22.9 Å². The first-order valence-corrected chi connectivity index (χ1v) is 8.07. The van der Waals surface area contributed by atoms with Crippen LogP contribution in [0.4, 0.5) is 0 Å². The van der Waals surface area contributed by atoms with Gasteiger partial charge in [-0.1, -0.05) is 60.7 Å². The topological polar surface area (TPSA) is 41.9 Å². The van der Waals surface area contributed by atoms with Gasteiger partial charge in [-0.2, -0.15) is 0 Å². The minimum absolute atomic E-state index is 0.110. The molecule has 1 aromatic heterocycles. The van der Waals surface area contributed by atoms with Gasteiger partial charge in [0.15, 0.2) is 0 Å². The molecule has 115 valence electrons. The van der Waals surface area contributed by atoms with E-state index in [2.05, 4.69) is 77.0 Å². The lowest BCUT2D eigenvalue weighted by atomic mass is 9.75. The second-order valence-corrected chi connectivity index (χ2v) is 5.90. The Labute approximate surface area is 136 Å². The van der Waals surface area contributed by atoms with Crippen molar-refractivity contribution in [2.75, 3.05) is 13.1 Å². The summed E-state index contributed by atoms with van der Waals surface area (Å²) >= 11 is 0. The number of piperazine rings is 1. The molecule has 1 saturated heterocycles. The highest BCUT2D eigenvalue weighted by atomic mass is 15.1. The van der Waals surface area contributed by atoms with E-state index in [1.165, 1.54) is 11.1 Å². The zero-order valence-electron chi connectivity index (χ0n) is 12.9. The first-order valence-electron chi connectivity index (χ1n) is 8.07. The number of rotatable bonds is 3. The summed E-state index contributed by atoms with van der Waals surface area (Å²) in [6, 6.07) is 25.5. The van der Waals surface area contributed by atoms with Crippen LogP contribution < -0.4 is 10.6 Å². The SMILES string of the molecule is c1ccc(C2NCC[N]C2(c2ccccc2)c2ccc[nH]2)cc1. The Balaban J connectivity index is 1.92. The van der Waals surface area contributed by atoms with Gasteiger partial charge in [-0.05, 0) is 23.3 Å². The van der Waals surface area contributed by atoms with Gasteiger partial charge in [0, 0.05) is 25.0 Å². The van der Waals surface area contributed by atoms with Crippen LogP contribution in [0.15, 0.2) is 79.0 Å². The van der Waals surface area contributed by atoms with E-state index in [0.29, 0.717) is 0 Å². The highest BCUT2D eigenvalue weighted by Gasteiger charge is 2.46. The van der Waals surface area contributed by atoms with Crippen molar-refractivity contribution >= 4 is 0 Å². The van der Waals surface area contributed by atoms with Crippen LogP contribution in [0, 0.1) is 0 Å². The summed E-state index contributed by atoms with van der Waals surface area (Å²) in [5.41, 5.74) is 3.17. The van der Waals surface area contributed by atoms with Crippen molar-refractivity contribution in [3.8, 4) is 0 Å². The van der Waals surface area contributed by atoms with Gasteiger partial charge in [0.2, 0.25) is 0 Å². The number of hydrogen-bond acceptors (Lipinski definition) is 1. The number of hydrogen-bond donors (Lipinski definition) is 2. The van der Waals surface area contributed by atoms with Crippen molar-refractivity contribution < 1.29 is 0 Å². The summed E-state index contributed by atoms with van der Waals surface area (Å²) in [5.74, 6) is 0. The molecule has 2 heterocycles. The minimum Gasteiger partial charge on any atom is -0.363 e. The molecule has 3 aromatic rings. The van der Waals surface area contributed by atoms with E-state index >= 15 is 0 Å². The molecule has 1 radical (unpaired) electrons. The van der Waals surface area contributed by atoms with Gasteiger partial charge in [-0.25, -0.2) is 5.32 Å². The van der Waals surface area contributed by atoms with Gasteiger partial charge in [-0.3, -0.25) is 0 Å². The van der Waals surface area contributed by atoms with Crippen LogP contribution in [0.5, 0.6) is 0 Å². The first kappa shape index (κ1) is 14.2. The fraction of sp³-hybridized carbons (Fsp3) is 0.200. The summed E-state index contributed by atoms with van der Waals surface area (Å²) in [5, 5.41) is 8.84. The maximum absolute atomic E-state index is 5.14. The van der Waals surface area contributed by atoms with Crippen LogP contribution in [0.2, 0.25) is 0 Å². The molecule has 0 aliphatic carbocycles. The second kappa shape index (κ2) is 6.03. The molecule has 0 saturated carbocycles. The molecule has 2 aromatic carbocycles. The predicted octanol–water partition coefficient (Wildman–Crippen LogP) is 3.21. The molecule has 0 amide bonds. The Kier molecular flexibility index (Phi) is 3.74. The standard InChI is InChI=1S/C20H20N3/c1-3-8-16(9-4-1)19-20(23-15-14-22-19,18-12-7-13-21-18)17-10-5-2-6-11-17/h1-13,19,21-22H,14-15H2. The highest BCUT2D eigenvalue weighted by Crippen LogP contribution is 2.42. The van der Waals surface area contributed by atoms with Gasteiger partial charge in [-0.15, -0.1) is 0 Å². The smallest absolute Gasteiger partial charge is 0.120 e. The second-order valence-electron chi connectivity index (χ2n) is 5.90. The van der Waals surface area contributed by atoms with Crippen LogP contribution in [-0.2, 0) is 5.54 Å². The lowest BCUT2D eigenvalue weighted by Gasteiger charge is -2.44. The number of aromatic nitrogens is 1. The van der Waals surface area contributed by atoms with Crippen molar-refractivity contribution in [2.24, 2.45) is 0 Å². The Hall–Kier alpha value is -2.36.